The zero-order valence-electron chi connectivity index (χ0n) is 14.1. The van der Waals surface area contributed by atoms with E-state index >= 15 is 0 Å². The first-order valence-electron chi connectivity index (χ1n) is 7.86. The van der Waals surface area contributed by atoms with Gasteiger partial charge < -0.3 is 4.90 Å². The molecule has 24 heavy (non-hydrogen) atoms. The summed E-state index contributed by atoms with van der Waals surface area (Å²) in [6.45, 7) is 6.98. The minimum Gasteiger partial charge on any atom is -0.339 e. The first kappa shape index (κ1) is 18.0. The summed E-state index contributed by atoms with van der Waals surface area (Å²) in [5.74, 6) is -0.101. The van der Waals surface area contributed by atoms with Crippen LogP contribution in [0.15, 0.2) is 53.4 Å². The molecule has 0 saturated heterocycles. The van der Waals surface area contributed by atoms with E-state index in [0.717, 1.165) is 5.56 Å². The molecular formula is C18H22N2O3S. The number of anilines is 1. The summed E-state index contributed by atoms with van der Waals surface area (Å²) in [6, 6.07) is 13.1. The number of aryl methyl sites for hydroxylation is 1. The molecule has 2 aromatic rings. The standard InChI is InChI=1S/C18H22N2O3S/c1-4-20(5-2)18(21)15-8-12-17(13-9-15)24(22,23)19-16-10-6-14(3)7-11-16/h6-13,19H,4-5H2,1-3H3. The van der Waals surface area contributed by atoms with Crippen LogP contribution >= 0.6 is 0 Å². The fourth-order valence-corrected chi connectivity index (χ4v) is 3.36. The molecule has 1 amide bonds. The van der Waals surface area contributed by atoms with Gasteiger partial charge in [0.05, 0.1) is 4.90 Å². The van der Waals surface area contributed by atoms with Gasteiger partial charge >= 0.3 is 0 Å². The molecule has 2 aromatic carbocycles. The highest BCUT2D eigenvalue weighted by atomic mass is 32.2. The summed E-state index contributed by atoms with van der Waals surface area (Å²) in [4.78, 5) is 14.1. The van der Waals surface area contributed by atoms with Gasteiger partial charge in [0.15, 0.2) is 0 Å². The molecular weight excluding hydrogens is 324 g/mol. The second-order valence-corrected chi connectivity index (χ2v) is 7.16. The number of nitrogens with one attached hydrogen (secondary N) is 1. The van der Waals surface area contributed by atoms with Crippen molar-refractivity contribution in [2.45, 2.75) is 25.7 Å². The molecule has 5 nitrogen and oxygen atoms in total. The third-order valence-electron chi connectivity index (χ3n) is 3.77. The number of rotatable bonds is 6. The van der Waals surface area contributed by atoms with Crippen molar-refractivity contribution in [2.24, 2.45) is 0 Å². The maximum Gasteiger partial charge on any atom is 0.261 e. The van der Waals surface area contributed by atoms with Crippen molar-refractivity contribution in [1.82, 2.24) is 4.90 Å². The fourth-order valence-electron chi connectivity index (χ4n) is 2.31. The molecule has 0 radical (unpaired) electrons. The maximum absolute atomic E-state index is 12.4. The number of nitrogens with zero attached hydrogens (tertiary/aromatic N) is 1. The van der Waals surface area contributed by atoms with Gasteiger partial charge in [-0.15, -0.1) is 0 Å². The van der Waals surface area contributed by atoms with Gasteiger partial charge in [0, 0.05) is 24.3 Å². The van der Waals surface area contributed by atoms with Crippen molar-refractivity contribution in [3.63, 3.8) is 0 Å². The second-order valence-electron chi connectivity index (χ2n) is 5.47. The Bertz CT molecular complexity index is 793. The molecule has 2 rings (SSSR count). The molecule has 0 spiro atoms. The minimum absolute atomic E-state index is 0.101. The van der Waals surface area contributed by atoms with Gasteiger partial charge in [-0.3, -0.25) is 9.52 Å². The van der Waals surface area contributed by atoms with Crippen LogP contribution < -0.4 is 4.72 Å². The van der Waals surface area contributed by atoms with Crippen LogP contribution in [0.25, 0.3) is 0 Å². The van der Waals surface area contributed by atoms with E-state index < -0.39 is 10.0 Å². The minimum atomic E-state index is -3.67. The van der Waals surface area contributed by atoms with Gasteiger partial charge in [-0.25, -0.2) is 8.42 Å². The molecule has 0 aliphatic rings. The Kier molecular flexibility index (Phi) is 5.62. The summed E-state index contributed by atoms with van der Waals surface area (Å²) in [6.07, 6.45) is 0. The van der Waals surface area contributed by atoms with Crippen LogP contribution in [0.2, 0.25) is 0 Å². The second kappa shape index (κ2) is 7.49. The monoisotopic (exact) mass is 346 g/mol. The lowest BCUT2D eigenvalue weighted by Crippen LogP contribution is -2.30. The average molecular weight is 346 g/mol. The van der Waals surface area contributed by atoms with Gasteiger partial charge in [-0.2, -0.15) is 0 Å². The first-order chi connectivity index (χ1) is 11.4. The summed E-state index contributed by atoms with van der Waals surface area (Å²) >= 11 is 0. The maximum atomic E-state index is 12.4. The summed E-state index contributed by atoms with van der Waals surface area (Å²) in [5.41, 5.74) is 2.04. The fraction of sp³-hybridized carbons (Fsp3) is 0.278. The van der Waals surface area contributed by atoms with E-state index in [1.54, 1.807) is 29.2 Å². The van der Waals surface area contributed by atoms with Crippen molar-refractivity contribution < 1.29 is 13.2 Å². The van der Waals surface area contributed by atoms with Gasteiger partial charge in [0.2, 0.25) is 0 Å². The third kappa shape index (κ3) is 4.14. The van der Waals surface area contributed by atoms with Crippen LogP contribution in [-0.2, 0) is 10.0 Å². The Morgan fingerprint density at radius 1 is 0.958 bits per heavy atom. The summed E-state index contributed by atoms with van der Waals surface area (Å²) in [7, 11) is -3.67. The van der Waals surface area contributed by atoms with Crippen LogP contribution in [0.5, 0.6) is 0 Å². The highest BCUT2D eigenvalue weighted by Crippen LogP contribution is 2.17. The van der Waals surface area contributed by atoms with Crippen molar-refractivity contribution >= 4 is 21.6 Å². The van der Waals surface area contributed by atoms with Gasteiger partial charge in [-0.05, 0) is 57.2 Å². The highest BCUT2D eigenvalue weighted by molar-refractivity contribution is 7.92. The number of hydrogen-bond donors (Lipinski definition) is 1. The molecule has 0 unspecified atom stereocenters. The molecule has 6 heteroatoms. The molecule has 128 valence electrons. The predicted molar refractivity (Wildman–Crippen MR) is 95.7 cm³/mol. The number of sulfonamides is 1. The van der Waals surface area contributed by atoms with E-state index in [0.29, 0.717) is 24.3 Å². The molecule has 1 N–H and O–H groups in total. The smallest absolute Gasteiger partial charge is 0.261 e. The molecule has 0 atom stereocenters. The zero-order valence-corrected chi connectivity index (χ0v) is 14.9. The largest absolute Gasteiger partial charge is 0.339 e. The number of carbonyl (C=O) groups is 1. The Morgan fingerprint density at radius 3 is 2.00 bits per heavy atom. The van der Waals surface area contributed by atoms with Crippen LogP contribution in [-0.4, -0.2) is 32.3 Å². The van der Waals surface area contributed by atoms with Crippen LogP contribution in [0.4, 0.5) is 5.69 Å². The molecule has 0 bridgehead atoms. The van der Waals surface area contributed by atoms with Crippen molar-refractivity contribution in [3.05, 3.63) is 59.7 Å². The summed E-state index contributed by atoms with van der Waals surface area (Å²) in [5, 5.41) is 0. The number of amides is 1. The first-order valence-corrected chi connectivity index (χ1v) is 9.34. The zero-order chi connectivity index (χ0) is 17.7. The van der Waals surface area contributed by atoms with Crippen LogP contribution in [0.3, 0.4) is 0 Å². The van der Waals surface area contributed by atoms with Crippen molar-refractivity contribution in [1.29, 1.82) is 0 Å². The Labute approximate surface area is 143 Å². The van der Waals surface area contributed by atoms with E-state index in [1.165, 1.54) is 12.1 Å². The quantitative estimate of drug-likeness (QED) is 0.873. The average Bonchev–Trinajstić information content (AvgIpc) is 2.58. The van der Waals surface area contributed by atoms with Crippen LogP contribution in [0.1, 0.15) is 29.8 Å². The summed E-state index contributed by atoms with van der Waals surface area (Å²) < 4.78 is 27.3. The molecule has 0 fully saturated rings. The number of carbonyl (C=O) groups excluding carboxylic acids is 1. The van der Waals surface area contributed by atoms with E-state index in [9.17, 15) is 13.2 Å². The van der Waals surface area contributed by atoms with Crippen molar-refractivity contribution in [2.75, 3.05) is 17.8 Å². The van der Waals surface area contributed by atoms with Gasteiger partial charge in [-0.1, -0.05) is 17.7 Å². The number of benzene rings is 2. The SMILES string of the molecule is CCN(CC)C(=O)c1ccc(S(=O)(=O)Nc2ccc(C)cc2)cc1. The lowest BCUT2D eigenvalue weighted by Gasteiger charge is -2.18. The van der Waals surface area contributed by atoms with Crippen molar-refractivity contribution in [3.8, 4) is 0 Å². The molecule has 0 saturated carbocycles. The predicted octanol–water partition coefficient (Wildman–Crippen LogP) is 3.28. The highest BCUT2D eigenvalue weighted by Gasteiger charge is 2.17. The molecule has 0 aromatic heterocycles. The third-order valence-corrected chi connectivity index (χ3v) is 5.16. The normalized spacial score (nSPS) is 11.1. The lowest BCUT2D eigenvalue weighted by atomic mass is 10.2. The molecule has 0 aliphatic carbocycles. The Hall–Kier alpha value is -2.34. The topological polar surface area (TPSA) is 66.5 Å². The molecule has 0 heterocycles. The van der Waals surface area contributed by atoms with Crippen LogP contribution in [0, 0.1) is 6.92 Å². The van der Waals surface area contributed by atoms with E-state index in [-0.39, 0.29) is 10.8 Å². The van der Waals surface area contributed by atoms with E-state index in [2.05, 4.69) is 4.72 Å². The van der Waals surface area contributed by atoms with E-state index in [1.807, 2.05) is 32.9 Å². The Balaban J connectivity index is 2.19. The van der Waals surface area contributed by atoms with Gasteiger partial charge in [0.25, 0.3) is 15.9 Å². The number of hydrogen-bond acceptors (Lipinski definition) is 3. The van der Waals surface area contributed by atoms with Gasteiger partial charge in [0.1, 0.15) is 0 Å². The van der Waals surface area contributed by atoms with E-state index in [4.69, 9.17) is 0 Å². The Morgan fingerprint density at radius 2 is 1.50 bits per heavy atom. The molecule has 0 aliphatic heterocycles. The lowest BCUT2D eigenvalue weighted by molar-refractivity contribution is 0.0773.